The molecule has 1 aromatic carbocycles. The lowest BCUT2D eigenvalue weighted by atomic mass is 9.91. The third kappa shape index (κ3) is 5.86. The van der Waals surface area contributed by atoms with E-state index in [2.05, 4.69) is 20.9 Å². The van der Waals surface area contributed by atoms with Gasteiger partial charge in [-0.2, -0.15) is 0 Å². The molecule has 2 aromatic rings. The Morgan fingerprint density at radius 1 is 1.05 bits per heavy atom. The van der Waals surface area contributed by atoms with E-state index < -0.39 is 35.6 Å². The van der Waals surface area contributed by atoms with Crippen molar-refractivity contribution in [3.63, 3.8) is 0 Å². The number of Topliss-reactive ketones (excluding diaryl/α,β-unsaturated/α-hetero) is 1. The molecule has 2 saturated heterocycles. The second kappa shape index (κ2) is 12.4. The second-order valence-electron chi connectivity index (χ2n) is 12.6. The molecule has 0 spiro atoms. The van der Waals surface area contributed by atoms with Gasteiger partial charge in [-0.3, -0.25) is 24.0 Å². The minimum atomic E-state index is -1.15. The average molecular weight is 592 g/mol. The summed E-state index contributed by atoms with van der Waals surface area (Å²) in [5.74, 6) is -2.06. The van der Waals surface area contributed by atoms with E-state index in [0.717, 1.165) is 62.3 Å². The number of hydrogen-bond donors (Lipinski definition) is 4. The standard InChI is InChI=1S/C32H41N5O6/c1-43-26-12-6-11-23-22(26)16-25(35-23)32(42)37-17-19-7-5-10-21(19)27(37)30(40)36-24(15-18-13-14-33-29(18)39)28(38)31(41)34-20-8-3-2-4-9-20/h6,11-12,16,18-21,24,27,35H,2-5,7-10,13-15,17H2,1H3,(H,33,39)(H,34,41)(H,36,40). The van der Waals surface area contributed by atoms with Crippen molar-refractivity contribution in [3.8, 4) is 5.75 Å². The van der Waals surface area contributed by atoms with Crippen molar-refractivity contribution in [3.05, 3.63) is 30.0 Å². The number of carbonyl (C=O) groups is 5. The Balaban J connectivity index is 1.23. The van der Waals surface area contributed by atoms with E-state index >= 15 is 0 Å². The molecule has 2 aliphatic heterocycles. The molecule has 5 unspecified atom stereocenters. The Hall–Kier alpha value is -3.89. The Bertz CT molecular complexity index is 1410. The molecule has 3 heterocycles. The number of amides is 4. The second-order valence-corrected chi connectivity index (χ2v) is 12.6. The number of ketones is 1. The van der Waals surface area contributed by atoms with Crippen molar-refractivity contribution >= 4 is 40.3 Å². The van der Waals surface area contributed by atoms with Crippen LogP contribution in [0.15, 0.2) is 24.3 Å². The third-order valence-electron chi connectivity index (χ3n) is 9.97. The monoisotopic (exact) mass is 591 g/mol. The normalized spacial score (nSPS) is 26.2. The van der Waals surface area contributed by atoms with Crippen molar-refractivity contribution in [1.82, 2.24) is 25.8 Å². The summed E-state index contributed by atoms with van der Waals surface area (Å²) < 4.78 is 5.46. The van der Waals surface area contributed by atoms with Gasteiger partial charge in [-0.25, -0.2) is 0 Å². The van der Waals surface area contributed by atoms with Gasteiger partial charge in [0.25, 0.3) is 11.8 Å². The first kappa shape index (κ1) is 29.2. The first-order valence-electron chi connectivity index (χ1n) is 15.7. The lowest BCUT2D eigenvalue weighted by molar-refractivity contribution is -0.141. The summed E-state index contributed by atoms with van der Waals surface area (Å²) in [6.45, 7) is 0.941. The lowest BCUT2D eigenvalue weighted by Crippen LogP contribution is -2.56. The molecule has 43 heavy (non-hydrogen) atoms. The summed E-state index contributed by atoms with van der Waals surface area (Å²) in [6, 6.07) is 5.29. The van der Waals surface area contributed by atoms with E-state index in [-0.39, 0.29) is 36.1 Å². The highest BCUT2D eigenvalue weighted by molar-refractivity contribution is 6.38. The quantitative estimate of drug-likeness (QED) is 0.329. The molecule has 2 aliphatic carbocycles. The van der Waals surface area contributed by atoms with Gasteiger partial charge in [-0.05, 0) is 68.6 Å². The van der Waals surface area contributed by atoms with E-state index in [4.69, 9.17) is 4.74 Å². The molecule has 4 fully saturated rings. The topological polar surface area (TPSA) is 150 Å². The van der Waals surface area contributed by atoms with Crippen LogP contribution < -0.4 is 20.7 Å². The number of fused-ring (bicyclic) bond motifs is 2. The predicted molar refractivity (Wildman–Crippen MR) is 158 cm³/mol. The number of carbonyl (C=O) groups excluding carboxylic acids is 5. The van der Waals surface area contributed by atoms with Crippen LogP contribution in [-0.2, 0) is 19.2 Å². The Morgan fingerprint density at radius 2 is 1.86 bits per heavy atom. The minimum absolute atomic E-state index is 0.0375. The number of nitrogens with zero attached hydrogens (tertiary/aromatic N) is 1. The van der Waals surface area contributed by atoms with Crippen LogP contribution in [0, 0.1) is 17.8 Å². The highest BCUT2D eigenvalue weighted by Crippen LogP contribution is 2.43. The number of H-pyrrole nitrogens is 1. The molecule has 4 amide bonds. The van der Waals surface area contributed by atoms with Crippen LogP contribution in [0.25, 0.3) is 10.9 Å². The number of likely N-dealkylation sites (tertiary alicyclic amines) is 1. The highest BCUT2D eigenvalue weighted by atomic mass is 16.5. The van der Waals surface area contributed by atoms with Crippen LogP contribution in [0.2, 0.25) is 0 Å². The molecule has 5 atom stereocenters. The summed E-state index contributed by atoms with van der Waals surface area (Å²) in [5.41, 5.74) is 1.12. The van der Waals surface area contributed by atoms with Gasteiger partial charge in [-0.1, -0.05) is 31.7 Å². The molecule has 4 aliphatic rings. The van der Waals surface area contributed by atoms with Crippen molar-refractivity contribution < 1.29 is 28.7 Å². The average Bonchev–Trinajstić information content (AvgIpc) is 3.80. The van der Waals surface area contributed by atoms with Crippen molar-refractivity contribution in [2.45, 2.75) is 82.3 Å². The number of ether oxygens (including phenoxy) is 1. The molecule has 11 nitrogen and oxygen atoms in total. The number of rotatable bonds is 9. The summed E-state index contributed by atoms with van der Waals surface area (Å²) in [4.78, 5) is 71.8. The van der Waals surface area contributed by atoms with Gasteiger partial charge >= 0.3 is 0 Å². The first-order chi connectivity index (χ1) is 20.8. The van der Waals surface area contributed by atoms with Crippen molar-refractivity contribution in [2.24, 2.45) is 17.8 Å². The maximum atomic E-state index is 14.1. The smallest absolute Gasteiger partial charge is 0.289 e. The molecule has 0 bridgehead atoms. The van der Waals surface area contributed by atoms with E-state index in [0.29, 0.717) is 31.0 Å². The fourth-order valence-electron chi connectivity index (χ4n) is 7.73. The van der Waals surface area contributed by atoms with Gasteiger partial charge in [-0.15, -0.1) is 0 Å². The minimum Gasteiger partial charge on any atom is -0.496 e. The number of hydrogen-bond acceptors (Lipinski definition) is 6. The molecule has 4 N–H and O–H groups in total. The zero-order valence-corrected chi connectivity index (χ0v) is 24.7. The van der Waals surface area contributed by atoms with Crippen molar-refractivity contribution in [1.29, 1.82) is 0 Å². The largest absolute Gasteiger partial charge is 0.496 e. The van der Waals surface area contributed by atoms with Gasteiger partial charge in [0.05, 0.1) is 13.2 Å². The van der Waals surface area contributed by atoms with Gasteiger partial charge < -0.3 is 30.6 Å². The predicted octanol–water partition coefficient (Wildman–Crippen LogP) is 2.45. The number of nitrogens with one attached hydrogen (secondary N) is 4. The first-order valence-corrected chi connectivity index (χ1v) is 15.7. The number of benzene rings is 1. The molecule has 0 radical (unpaired) electrons. The summed E-state index contributed by atoms with van der Waals surface area (Å²) in [5, 5.41) is 9.29. The van der Waals surface area contributed by atoms with E-state index in [9.17, 15) is 24.0 Å². The van der Waals surface area contributed by atoms with Crippen LogP contribution in [0.1, 0.15) is 74.7 Å². The molecular formula is C32H41N5O6. The molecular weight excluding hydrogens is 550 g/mol. The number of aromatic amines is 1. The van der Waals surface area contributed by atoms with Crippen LogP contribution >= 0.6 is 0 Å². The van der Waals surface area contributed by atoms with Gasteiger partial charge in [0.15, 0.2) is 0 Å². The number of methoxy groups -OCH3 is 1. The molecule has 6 rings (SSSR count). The van der Waals surface area contributed by atoms with Crippen LogP contribution in [0.4, 0.5) is 0 Å². The Kier molecular flexibility index (Phi) is 8.41. The Morgan fingerprint density at radius 3 is 2.60 bits per heavy atom. The zero-order chi connectivity index (χ0) is 30.1. The zero-order valence-electron chi connectivity index (χ0n) is 24.7. The fourth-order valence-corrected chi connectivity index (χ4v) is 7.73. The molecule has 2 saturated carbocycles. The van der Waals surface area contributed by atoms with Gasteiger partial charge in [0.2, 0.25) is 17.6 Å². The fraction of sp³-hybridized carbons (Fsp3) is 0.594. The summed E-state index contributed by atoms with van der Waals surface area (Å²) >= 11 is 0. The van der Waals surface area contributed by atoms with Gasteiger partial charge in [0.1, 0.15) is 17.5 Å². The molecule has 230 valence electrons. The summed E-state index contributed by atoms with van der Waals surface area (Å²) in [7, 11) is 1.58. The van der Waals surface area contributed by atoms with E-state index in [1.54, 1.807) is 18.1 Å². The third-order valence-corrected chi connectivity index (χ3v) is 9.97. The molecule has 11 heteroatoms. The maximum absolute atomic E-state index is 14.1. The van der Waals surface area contributed by atoms with Crippen LogP contribution in [0.3, 0.4) is 0 Å². The SMILES string of the molecule is COc1cccc2[nH]c(C(=O)N3CC4CCCC4C3C(=O)NC(CC3CCNC3=O)C(=O)C(=O)NC3CCCCC3)cc12. The number of aromatic nitrogens is 1. The maximum Gasteiger partial charge on any atom is 0.289 e. The van der Waals surface area contributed by atoms with Crippen molar-refractivity contribution in [2.75, 3.05) is 20.2 Å². The van der Waals surface area contributed by atoms with Gasteiger partial charge in [0, 0.05) is 36.0 Å². The highest BCUT2D eigenvalue weighted by Gasteiger charge is 2.50. The summed E-state index contributed by atoms with van der Waals surface area (Å²) in [6.07, 6.45) is 8.03. The Labute approximate surface area is 250 Å². The van der Waals surface area contributed by atoms with E-state index in [1.807, 2.05) is 18.2 Å². The van der Waals surface area contributed by atoms with E-state index in [1.165, 1.54) is 0 Å². The van der Waals surface area contributed by atoms with Crippen LogP contribution in [0.5, 0.6) is 5.75 Å². The lowest BCUT2D eigenvalue weighted by Gasteiger charge is -2.29. The van der Waals surface area contributed by atoms with Crippen LogP contribution in [-0.4, -0.2) is 77.6 Å². The molecule has 1 aromatic heterocycles.